The first-order valence-electron chi connectivity index (χ1n) is 16.9. The van der Waals surface area contributed by atoms with Gasteiger partial charge >= 0.3 is 24.1 Å². The van der Waals surface area contributed by atoms with Crippen molar-refractivity contribution in [2.75, 3.05) is 32.9 Å². The number of amides is 2. The summed E-state index contributed by atoms with van der Waals surface area (Å²) in [6.45, 7) is 4.84. The van der Waals surface area contributed by atoms with Crippen LogP contribution in [0.25, 0.3) is 22.3 Å². The van der Waals surface area contributed by atoms with Crippen molar-refractivity contribution in [3.63, 3.8) is 0 Å². The molecule has 2 aromatic heterocycles. The molecule has 5 rings (SSSR count). The van der Waals surface area contributed by atoms with Crippen LogP contribution in [0.15, 0.2) is 29.1 Å². The van der Waals surface area contributed by atoms with Gasteiger partial charge in [0.25, 0.3) is 5.56 Å². The number of aliphatic carboxylic acids is 1. The third kappa shape index (κ3) is 7.89. The van der Waals surface area contributed by atoms with Gasteiger partial charge < -0.3 is 44.4 Å². The minimum Gasteiger partial charge on any atom is -0.481 e. The van der Waals surface area contributed by atoms with Gasteiger partial charge in [0, 0.05) is 29.6 Å². The van der Waals surface area contributed by atoms with Crippen molar-refractivity contribution in [1.82, 2.24) is 20.2 Å². The van der Waals surface area contributed by atoms with E-state index in [4.69, 9.17) is 29.0 Å². The Morgan fingerprint density at radius 1 is 0.980 bits per heavy atom. The molecule has 0 radical (unpaired) electrons. The predicted molar refractivity (Wildman–Crippen MR) is 179 cm³/mol. The van der Waals surface area contributed by atoms with Crippen molar-refractivity contribution in [2.24, 2.45) is 0 Å². The summed E-state index contributed by atoms with van der Waals surface area (Å²) >= 11 is 0. The number of fused-ring (bicyclic) bond motifs is 5. The fraction of sp³-hybridized carbons (Fsp3) is 0.486. The number of aromatic nitrogens is 2. The van der Waals surface area contributed by atoms with E-state index in [-0.39, 0.29) is 62.5 Å². The molecule has 3 aromatic rings. The number of carboxylic acids is 1. The van der Waals surface area contributed by atoms with Gasteiger partial charge in [-0.3, -0.25) is 9.59 Å². The zero-order valence-electron chi connectivity index (χ0n) is 28.2. The molecule has 0 saturated carbocycles. The van der Waals surface area contributed by atoms with Crippen molar-refractivity contribution >= 4 is 35.0 Å². The second kappa shape index (κ2) is 16.1. The zero-order chi connectivity index (χ0) is 35.8. The number of unbranched alkanes of at least 4 members (excludes halogenated alkanes) is 3. The van der Waals surface area contributed by atoms with E-state index >= 15 is 0 Å². The van der Waals surface area contributed by atoms with Crippen LogP contribution in [0.3, 0.4) is 0 Å². The lowest BCUT2D eigenvalue weighted by Crippen LogP contribution is -2.44. The van der Waals surface area contributed by atoms with E-state index in [1.54, 1.807) is 35.8 Å². The van der Waals surface area contributed by atoms with E-state index in [0.717, 1.165) is 42.2 Å². The maximum Gasteiger partial charge on any atom is 0.412 e. The first-order chi connectivity index (χ1) is 24.1. The monoisotopic (exact) mass is 694 g/mol. The first-order valence-corrected chi connectivity index (χ1v) is 16.9. The Morgan fingerprint density at radius 2 is 1.72 bits per heavy atom. The molecule has 1 atom stereocenters. The van der Waals surface area contributed by atoms with Crippen LogP contribution < -0.4 is 20.9 Å². The Labute approximate surface area is 287 Å². The number of rotatable bonds is 16. The van der Waals surface area contributed by atoms with E-state index < -0.39 is 29.7 Å². The number of carboxylic acid groups (broad SMARTS) is 1. The lowest BCUT2D eigenvalue weighted by molar-refractivity contribution is -0.172. The summed E-state index contributed by atoms with van der Waals surface area (Å²) in [4.78, 5) is 65.5. The fourth-order valence-corrected chi connectivity index (χ4v) is 6.24. The number of benzene rings is 1. The highest BCUT2D eigenvalue weighted by Crippen LogP contribution is 2.40. The Morgan fingerprint density at radius 3 is 2.42 bits per heavy atom. The van der Waals surface area contributed by atoms with Crippen LogP contribution in [-0.2, 0) is 49.0 Å². The largest absolute Gasteiger partial charge is 0.481 e. The van der Waals surface area contributed by atoms with Gasteiger partial charge in [-0.25, -0.2) is 19.4 Å². The molecule has 0 bridgehead atoms. The topological polar surface area (TPSA) is 205 Å². The molecule has 1 aromatic carbocycles. The van der Waals surface area contributed by atoms with Gasteiger partial charge in [-0.05, 0) is 55.5 Å². The molecule has 2 amide bonds. The highest BCUT2D eigenvalue weighted by molar-refractivity contribution is 5.90. The maximum atomic E-state index is 13.6. The zero-order valence-corrected chi connectivity index (χ0v) is 28.2. The number of nitrogens with one attached hydrogen (secondary N) is 2. The molecule has 4 N–H and O–H groups in total. The smallest absolute Gasteiger partial charge is 0.412 e. The number of aliphatic hydroxyl groups is 1. The fourth-order valence-electron chi connectivity index (χ4n) is 6.24. The van der Waals surface area contributed by atoms with Crippen LogP contribution in [0, 0.1) is 0 Å². The number of hydrogen-bond donors (Lipinski definition) is 4. The summed E-state index contributed by atoms with van der Waals surface area (Å²) in [7, 11) is 0. The van der Waals surface area contributed by atoms with Crippen molar-refractivity contribution in [3.8, 4) is 17.1 Å². The Kier molecular flexibility index (Phi) is 11.7. The highest BCUT2D eigenvalue weighted by Gasteiger charge is 2.45. The molecule has 0 aliphatic carbocycles. The summed E-state index contributed by atoms with van der Waals surface area (Å²) in [5.41, 5.74) is 1.93. The van der Waals surface area contributed by atoms with Crippen molar-refractivity contribution in [2.45, 2.75) is 77.5 Å². The van der Waals surface area contributed by atoms with E-state index in [2.05, 4.69) is 10.6 Å². The molecular weight excluding hydrogens is 652 g/mol. The van der Waals surface area contributed by atoms with Crippen LogP contribution in [0.4, 0.5) is 9.59 Å². The second-order valence-electron chi connectivity index (χ2n) is 12.1. The molecule has 15 nitrogen and oxygen atoms in total. The molecule has 0 spiro atoms. The molecule has 2 aliphatic rings. The van der Waals surface area contributed by atoms with E-state index in [9.17, 15) is 29.1 Å². The van der Waals surface area contributed by atoms with Crippen LogP contribution in [-0.4, -0.2) is 76.8 Å². The lowest BCUT2D eigenvalue weighted by Gasteiger charge is -2.31. The Hall–Kier alpha value is -5.02. The van der Waals surface area contributed by atoms with E-state index in [1.807, 2.05) is 6.92 Å². The van der Waals surface area contributed by atoms with Crippen LogP contribution in [0.1, 0.15) is 74.6 Å². The number of aryl methyl sites for hydroxylation is 1. The number of nitrogens with zero attached hydrogens (tertiary/aromatic N) is 2. The summed E-state index contributed by atoms with van der Waals surface area (Å²) in [5, 5.41) is 25.9. The van der Waals surface area contributed by atoms with Gasteiger partial charge in [0.15, 0.2) is 5.60 Å². The molecule has 50 heavy (non-hydrogen) atoms. The third-order valence-electron chi connectivity index (χ3n) is 8.90. The minimum atomic E-state index is -1.90. The van der Waals surface area contributed by atoms with E-state index in [1.165, 1.54) is 0 Å². The average molecular weight is 695 g/mol. The number of esters is 1. The number of hydrogen-bond acceptors (Lipinski definition) is 11. The number of pyridine rings is 2. The molecule has 0 saturated heterocycles. The van der Waals surface area contributed by atoms with Crippen molar-refractivity contribution < 1.29 is 48.3 Å². The van der Waals surface area contributed by atoms with Gasteiger partial charge in [-0.15, -0.1) is 0 Å². The van der Waals surface area contributed by atoms with E-state index in [0.29, 0.717) is 42.2 Å². The molecule has 4 heterocycles. The third-order valence-corrected chi connectivity index (χ3v) is 8.90. The van der Waals surface area contributed by atoms with Crippen LogP contribution in [0.2, 0.25) is 0 Å². The number of carbonyl (C=O) groups is 4. The summed E-state index contributed by atoms with van der Waals surface area (Å²) < 4.78 is 22.3. The number of cyclic esters (lactones) is 1. The predicted octanol–water partition coefficient (Wildman–Crippen LogP) is 3.51. The first kappa shape index (κ1) is 36.3. The van der Waals surface area contributed by atoms with Gasteiger partial charge in [0.1, 0.15) is 19.0 Å². The summed E-state index contributed by atoms with van der Waals surface area (Å²) in [6, 6.07) is 6.88. The Balaban J connectivity index is 1.11. The lowest BCUT2D eigenvalue weighted by atomic mass is 9.86. The quantitative estimate of drug-likeness (QED) is 0.0983. The normalized spacial score (nSPS) is 15.9. The van der Waals surface area contributed by atoms with Gasteiger partial charge in [0.2, 0.25) is 0 Å². The molecule has 0 fully saturated rings. The van der Waals surface area contributed by atoms with Crippen molar-refractivity contribution in [3.05, 3.63) is 56.9 Å². The second-order valence-corrected chi connectivity index (χ2v) is 12.1. The summed E-state index contributed by atoms with van der Waals surface area (Å²) in [5.74, 6) is -1.37. The molecule has 268 valence electrons. The molecular formula is C35H42N4O11. The summed E-state index contributed by atoms with van der Waals surface area (Å²) in [6.07, 6.45) is 2.56. The van der Waals surface area contributed by atoms with Gasteiger partial charge in [0.05, 0.1) is 48.6 Å². The Bertz CT molecular complexity index is 1840. The van der Waals surface area contributed by atoms with Crippen molar-refractivity contribution in [1.29, 1.82) is 0 Å². The standard InChI is InChI=1S/C35H42N4O11/c1-3-22-23-17-21(50-34(45)37-13-8-6-5-7-12-36-33(44)48-16-15-47-14-11-29(40)41)9-10-27(23)38-30-24(22)19-39-28(30)18-26-25(31(39)42)20-49-32(43)35(26,46)4-2/h9-10,17-18,46H,3-8,11-16,19-20H2,1-2H3,(H,36,44)(H,37,45)(H,40,41)/t35-/m0/s1. The SMILES string of the molecule is CCc1c2c(nc3ccc(OC(=O)NCCCCCCNC(=O)OCCOCCC(=O)O)cc13)-c1cc3c(c(=O)n1C2)COC(=O)[C@]3(O)CC. The van der Waals surface area contributed by atoms with Crippen LogP contribution in [0.5, 0.6) is 5.75 Å². The minimum absolute atomic E-state index is 0.0385. The van der Waals surface area contributed by atoms with Crippen LogP contribution >= 0.6 is 0 Å². The van der Waals surface area contributed by atoms with Gasteiger partial charge in [-0.1, -0.05) is 26.7 Å². The number of carbonyl (C=O) groups excluding carboxylic acids is 3. The van der Waals surface area contributed by atoms with Gasteiger partial charge in [-0.2, -0.15) is 0 Å². The maximum absolute atomic E-state index is 13.6. The molecule has 2 aliphatic heterocycles. The number of alkyl carbamates (subject to hydrolysis) is 1. The average Bonchev–Trinajstić information content (AvgIpc) is 3.46. The molecule has 15 heteroatoms. The highest BCUT2D eigenvalue weighted by atomic mass is 16.6. The number of ether oxygens (including phenoxy) is 4. The molecule has 0 unspecified atom stereocenters.